The van der Waals surface area contributed by atoms with Crippen LogP contribution in [0.1, 0.15) is 42.2 Å². The van der Waals surface area contributed by atoms with Gasteiger partial charge in [0.05, 0.1) is 16.3 Å². The molecule has 0 atom stereocenters. The molecule has 2 aliphatic rings. The van der Waals surface area contributed by atoms with Crippen LogP contribution in [-0.2, 0) is 6.54 Å². The van der Waals surface area contributed by atoms with Gasteiger partial charge in [-0.3, -0.25) is 0 Å². The summed E-state index contributed by atoms with van der Waals surface area (Å²) in [4.78, 5) is 5.97. The fraction of sp³-hybridized carbons (Fsp3) is 0.438. The molecule has 1 N–H and O–H groups in total. The molecule has 5 heteroatoms. The van der Waals surface area contributed by atoms with Crippen molar-refractivity contribution >= 4 is 22.9 Å². The largest absolute Gasteiger partial charge is 0.309 e. The minimum absolute atomic E-state index is 0.291. The van der Waals surface area contributed by atoms with Gasteiger partial charge in [0.15, 0.2) is 0 Å². The molecule has 4 rings (SSSR count). The first kappa shape index (κ1) is 13.7. The van der Waals surface area contributed by atoms with Crippen LogP contribution in [-0.4, -0.2) is 11.0 Å². The van der Waals surface area contributed by atoms with Gasteiger partial charge in [0.2, 0.25) is 0 Å². The van der Waals surface area contributed by atoms with Crippen molar-refractivity contribution in [2.75, 3.05) is 0 Å². The molecule has 0 spiro atoms. The number of benzene rings is 1. The van der Waals surface area contributed by atoms with Crippen LogP contribution in [0.15, 0.2) is 18.2 Å². The lowest BCUT2D eigenvalue weighted by Gasteiger charge is -2.01. The second kappa shape index (κ2) is 5.34. The highest BCUT2D eigenvalue weighted by Gasteiger charge is 2.31. The van der Waals surface area contributed by atoms with Gasteiger partial charge in [-0.25, -0.2) is 9.37 Å². The topological polar surface area (TPSA) is 24.9 Å². The summed E-state index contributed by atoms with van der Waals surface area (Å²) in [5.74, 6) is 0.275. The molecule has 1 aromatic heterocycles. The molecule has 0 unspecified atom stereocenters. The number of hydrogen-bond donors (Lipinski definition) is 1. The van der Waals surface area contributed by atoms with E-state index < -0.39 is 0 Å². The van der Waals surface area contributed by atoms with Gasteiger partial charge in [-0.15, -0.1) is 11.3 Å². The minimum Gasteiger partial charge on any atom is -0.309 e. The lowest BCUT2D eigenvalue weighted by Crippen LogP contribution is -2.15. The second-order valence-electron chi connectivity index (χ2n) is 5.85. The van der Waals surface area contributed by atoms with Crippen molar-refractivity contribution in [1.82, 2.24) is 10.3 Å². The number of nitrogens with one attached hydrogen (secondary N) is 1. The Labute approximate surface area is 132 Å². The Kier molecular flexibility index (Phi) is 3.48. The molecule has 110 valence electrons. The molecule has 2 aliphatic carbocycles. The summed E-state index contributed by atoms with van der Waals surface area (Å²) in [6.45, 7) is 0.847. The molecule has 1 aromatic carbocycles. The highest BCUT2D eigenvalue weighted by Crippen LogP contribution is 2.45. The fourth-order valence-electron chi connectivity index (χ4n) is 2.50. The van der Waals surface area contributed by atoms with Crippen molar-refractivity contribution in [2.24, 2.45) is 0 Å². The summed E-state index contributed by atoms with van der Waals surface area (Å²) in [6.07, 6.45) is 4.93. The molecule has 2 nitrogen and oxygen atoms in total. The van der Waals surface area contributed by atoms with E-state index in [0.29, 0.717) is 27.6 Å². The van der Waals surface area contributed by atoms with Crippen LogP contribution in [0, 0.1) is 5.82 Å². The molecule has 1 heterocycles. The number of hydrogen-bond acceptors (Lipinski definition) is 3. The summed E-state index contributed by atoms with van der Waals surface area (Å²) in [7, 11) is 0. The molecule has 0 bridgehead atoms. The molecule has 0 amide bonds. The molecule has 0 radical (unpaired) electrons. The van der Waals surface area contributed by atoms with Gasteiger partial charge in [-0.2, -0.15) is 0 Å². The Morgan fingerprint density at radius 1 is 1.29 bits per heavy atom. The zero-order valence-corrected chi connectivity index (χ0v) is 13.1. The fourth-order valence-corrected chi connectivity index (χ4v) is 3.97. The third-order valence-electron chi connectivity index (χ3n) is 4.00. The summed E-state index contributed by atoms with van der Waals surface area (Å²) in [5.41, 5.74) is 1.60. The maximum Gasteiger partial charge on any atom is 0.134 e. The number of rotatable bonds is 5. The molecule has 0 saturated heterocycles. The number of nitrogens with zero attached hydrogens (tertiary/aromatic N) is 1. The van der Waals surface area contributed by atoms with Crippen LogP contribution in [0.4, 0.5) is 4.39 Å². The van der Waals surface area contributed by atoms with Gasteiger partial charge >= 0.3 is 0 Å². The first-order valence-corrected chi connectivity index (χ1v) is 8.59. The Balaban J connectivity index is 1.70. The predicted octanol–water partition coefficient (Wildman–Crippen LogP) is 4.73. The van der Waals surface area contributed by atoms with Crippen molar-refractivity contribution < 1.29 is 4.39 Å². The van der Waals surface area contributed by atoms with Crippen LogP contribution < -0.4 is 5.32 Å². The highest BCUT2D eigenvalue weighted by atomic mass is 35.5. The lowest BCUT2D eigenvalue weighted by molar-refractivity contribution is 0.631. The molecular weight excluding hydrogens is 307 g/mol. The minimum atomic E-state index is -0.291. The van der Waals surface area contributed by atoms with Crippen molar-refractivity contribution in [3.05, 3.63) is 39.6 Å². The van der Waals surface area contributed by atoms with Gasteiger partial charge in [0, 0.05) is 23.4 Å². The van der Waals surface area contributed by atoms with Crippen LogP contribution >= 0.6 is 22.9 Å². The Morgan fingerprint density at radius 2 is 2.10 bits per heavy atom. The lowest BCUT2D eigenvalue weighted by atomic mass is 10.2. The van der Waals surface area contributed by atoms with Crippen LogP contribution in [0.3, 0.4) is 0 Å². The zero-order chi connectivity index (χ0) is 14.4. The third-order valence-corrected chi connectivity index (χ3v) is 5.40. The van der Waals surface area contributed by atoms with E-state index in [2.05, 4.69) is 5.32 Å². The van der Waals surface area contributed by atoms with Crippen molar-refractivity contribution in [3.8, 4) is 10.6 Å². The summed E-state index contributed by atoms with van der Waals surface area (Å²) >= 11 is 7.75. The summed E-state index contributed by atoms with van der Waals surface area (Å²) in [5, 5.41) is 4.69. The standard InChI is InChI=1S/C16H16ClFN2S/c17-11-2-1-3-12(18)14(11)16-20-15(9-4-5-9)13(21-16)8-19-10-6-7-10/h1-3,9-10,19H,4-8H2. The van der Waals surface area contributed by atoms with E-state index in [1.807, 2.05) is 0 Å². The molecular formula is C16H16ClFN2S. The molecule has 21 heavy (non-hydrogen) atoms. The van der Waals surface area contributed by atoms with Gasteiger partial charge in [0.1, 0.15) is 10.8 Å². The smallest absolute Gasteiger partial charge is 0.134 e. The number of halogens is 2. The van der Waals surface area contributed by atoms with E-state index in [0.717, 1.165) is 12.2 Å². The average molecular weight is 323 g/mol. The molecule has 0 aliphatic heterocycles. The van der Waals surface area contributed by atoms with Crippen LogP contribution in [0.5, 0.6) is 0 Å². The quantitative estimate of drug-likeness (QED) is 0.860. The first-order valence-electron chi connectivity index (χ1n) is 7.39. The van der Waals surface area contributed by atoms with Crippen LogP contribution in [0.2, 0.25) is 5.02 Å². The Bertz CT molecular complexity index is 657. The van der Waals surface area contributed by atoms with Crippen LogP contribution in [0.25, 0.3) is 10.6 Å². The third kappa shape index (κ3) is 2.85. The van der Waals surface area contributed by atoms with E-state index in [4.69, 9.17) is 16.6 Å². The first-order chi connectivity index (χ1) is 10.2. The van der Waals surface area contributed by atoms with Crippen molar-refractivity contribution in [2.45, 2.75) is 44.2 Å². The van der Waals surface area contributed by atoms with Gasteiger partial charge in [-0.05, 0) is 37.8 Å². The average Bonchev–Trinajstić information content (AvgIpc) is 3.36. The molecule has 2 saturated carbocycles. The zero-order valence-electron chi connectivity index (χ0n) is 11.5. The number of aromatic nitrogens is 1. The van der Waals surface area contributed by atoms with E-state index in [-0.39, 0.29) is 5.82 Å². The van der Waals surface area contributed by atoms with Gasteiger partial charge < -0.3 is 5.32 Å². The highest BCUT2D eigenvalue weighted by molar-refractivity contribution is 7.15. The van der Waals surface area contributed by atoms with Gasteiger partial charge in [-0.1, -0.05) is 17.7 Å². The van der Waals surface area contributed by atoms with Gasteiger partial charge in [0.25, 0.3) is 0 Å². The SMILES string of the molecule is Fc1cccc(Cl)c1-c1nc(C2CC2)c(CNC2CC2)s1. The Morgan fingerprint density at radius 3 is 2.76 bits per heavy atom. The van der Waals surface area contributed by atoms with Crippen molar-refractivity contribution in [3.63, 3.8) is 0 Å². The second-order valence-corrected chi connectivity index (χ2v) is 7.34. The summed E-state index contributed by atoms with van der Waals surface area (Å²) in [6, 6.07) is 5.47. The van der Waals surface area contributed by atoms with E-state index in [9.17, 15) is 4.39 Å². The normalized spacial score (nSPS) is 18.2. The predicted molar refractivity (Wildman–Crippen MR) is 84.4 cm³/mol. The van der Waals surface area contributed by atoms with E-state index >= 15 is 0 Å². The maximum atomic E-state index is 14.1. The summed E-state index contributed by atoms with van der Waals surface area (Å²) < 4.78 is 14.1. The monoisotopic (exact) mass is 322 g/mol. The number of thiazole rings is 1. The van der Waals surface area contributed by atoms with Crippen molar-refractivity contribution in [1.29, 1.82) is 0 Å². The molecule has 2 aromatic rings. The van der Waals surface area contributed by atoms with E-state index in [1.54, 1.807) is 23.5 Å². The maximum absolute atomic E-state index is 14.1. The molecule has 2 fully saturated rings. The Hall–Kier alpha value is -0.970. The van der Waals surface area contributed by atoms with E-state index in [1.165, 1.54) is 36.6 Å².